The van der Waals surface area contributed by atoms with Crippen molar-refractivity contribution in [3.63, 3.8) is 0 Å². The average molecular weight is 275 g/mol. The van der Waals surface area contributed by atoms with Crippen molar-refractivity contribution < 1.29 is 14.3 Å². The fourth-order valence-corrected chi connectivity index (χ4v) is 1.77. The molecule has 0 bridgehead atoms. The van der Waals surface area contributed by atoms with Crippen molar-refractivity contribution in [2.75, 3.05) is 12.8 Å². The molecule has 6 nitrogen and oxygen atoms in total. The first-order chi connectivity index (χ1) is 9.63. The number of anilines is 1. The van der Waals surface area contributed by atoms with E-state index in [-0.39, 0.29) is 5.56 Å². The Morgan fingerprint density at radius 2 is 2.20 bits per heavy atom. The van der Waals surface area contributed by atoms with Crippen LogP contribution in [0.2, 0.25) is 0 Å². The molecule has 2 rings (SSSR count). The van der Waals surface area contributed by atoms with E-state index in [4.69, 9.17) is 10.5 Å². The van der Waals surface area contributed by atoms with Crippen LogP contribution < -0.4 is 10.5 Å². The summed E-state index contributed by atoms with van der Waals surface area (Å²) in [5.41, 5.74) is 6.37. The number of hydrogen-bond acceptors (Lipinski definition) is 5. The van der Waals surface area contributed by atoms with Crippen LogP contribution in [0.4, 0.5) is 5.69 Å². The number of methoxy groups -OCH3 is 1. The van der Waals surface area contributed by atoms with Crippen molar-refractivity contribution >= 4 is 11.7 Å². The van der Waals surface area contributed by atoms with Gasteiger partial charge in [0.15, 0.2) is 5.75 Å². The summed E-state index contributed by atoms with van der Waals surface area (Å²) in [6.45, 7) is 2.91. The van der Waals surface area contributed by atoms with E-state index in [0.717, 1.165) is 13.0 Å². The largest absolute Gasteiger partial charge is 0.465 e. The lowest BCUT2D eigenvalue weighted by molar-refractivity contribution is 0.0601. The van der Waals surface area contributed by atoms with Gasteiger partial charge in [0.05, 0.1) is 25.1 Å². The molecule has 0 amide bonds. The normalized spacial score (nSPS) is 10.3. The Hall–Kier alpha value is -2.50. The lowest BCUT2D eigenvalue weighted by Gasteiger charge is -2.07. The molecule has 0 radical (unpaired) electrons. The molecular weight excluding hydrogens is 258 g/mol. The van der Waals surface area contributed by atoms with Crippen LogP contribution in [-0.4, -0.2) is 22.9 Å². The molecule has 1 aromatic heterocycles. The van der Waals surface area contributed by atoms with E-state index in [2.05, 4.69) is 16.8 Å². The number of esters is 1. The monoisotopic (exact) mass is 275 g/mol. The van der Waals surface area contributed by atoms with Gasteiger partial charge in [-0.3, -0.25) is 4.68 Å². The zero-order chi connectivity index (χ0) is 14.5. The second kappa shape index (κ2) is 6.10. The highest BCUT2D eigenvalue weighted by atomic mass is 16.5. The molecule has 20 heavy (non-hydrogen) atoms. The molecule has 0 saturated carbocycles. The van der Waals surface area contributed by atoms with Crippen molar-refractivity contribution in [2.24, 2.45) is 0 Å². The zero-order valence-corrected chi connectivity index (χ0v) is 11.5. The number of nitrogens with zero attached hydrogens (tertiary/aromatic N) is 2. The molecule has 6 heteroatoms. The molecule has 0 spiro atoms. The van der Waals surface area contributed by atoms with E-state index in [0.29, 0.717) is 17.2 Å². The molecule has 0 unspecified atom stereocenters. The molecular formula is C14H17N3O3. The summed E-state index contributed by atoms with van der Waals surface area (Å²) < 4.78 is 12.1. The molecule has 0 atom stereocenters. The number of nitrogens with two attached hydrogens (primary N) is 1. The maximum absolute atomic E-state index is 11.6. The highest BCUT2D eigenvalue weighted by Crippen LogP contribution is 2.25. The van der Waals surface area contributed by atoms with E-state index in [1.165, 1.54) is 7.11 Å². The van der Waals surface area contributed by atoms with E-state index in [9.17, 15) is 4.79 Å². The number of carbonyl (C=O) groups excluding carboxylic acids is 1. The Balaban J connectivity index is 2.18. The number of ether oxygens (including phenoxy) is 2. The van der Waals surface area contributed by atoms with Crippen LogP contribution in [0.5, 0.6) is 11.5 Å². The Morgan fingerprint density at radius 1 is 1.40 bits per heavy atom. The van der Waals surface area contributed by atoms with E-state index in [1.54, 1.807) is 35.3 Å². The number of benzene rings is 1. The fourth-order valence-electron chi connectivity index (χ4n) is 1.77. The Bertz CT molecular complexity index is 607. The minimum absolute atomic E-state index is 0.283. The molecule has 1 aromatic carbocycles. The second-order valence-corrected chi connectivity index (χ2v) is 4.28. The molecule has 0 aliphatic carbocycles. The van der Waals surface area contributed by atoms with Gasteiger partial charge in [-0.2, -0.15) is 5.10 Å². The van der Waals surface area contributed by atoms with Gasteiger partial charge < -0.3 is 15.2 Å². The van der Waals surface area contributed by atoms with Crippen LogP contribution >= 0.6 is 0 Å². The quantitative estimate of drug-likeness (QED) is 0.669. The van der Waals surface area contributed by atoms with Crippen LogP contribution in [0, 0.1) is 0 Å². The van der Waals surface area contributed by atoms with Crippen LogP contribution in [0.1, 0.15) is 23.7 Å². The Kier molecular flexibility index (Phi) is 4.24. The highest BCUT2D eigenvalue weighted by Gasteiger charge is 2.12. The van der Waals surface area contributed by atoms with Gasteiger partial charge >= 0.3 is 5.97 Å². The third kappa shape index (κ3) is 3.09. The van der Waals surface area contributed by atoms with Gasteiger partial charge in [0.25, 0.3) is 0 Å². The van der Waals surface area contributed by atoms with Crippen molar-refractivity contribution in [3.8, 4) is 11.5 Å². The van der Waals surface area contributed by atoms with Gasteiger partial charge in [-0.1, -0.05) is 6.92 Å². The van der Waals surface area contributed by atoms with Gasteiger partial charge in [0.2, 0.25) is 0 Å². The molecule has 0 aliphatic heterocycles. The third-order valence-electron chi connectivity index (χ3n) is 2.73. The zero-order valence-electron chi connectivity index (χ0n) is 11.5. The lowest BCUT2D eigenvalue weighted by atomic mass is 10.2. The predicted molar refractivity (Wildman–Crippen MR) is 74.8 cm³/mol. The maximum atomic E-state index is 11.6. The van der Waals surface area contributed by atoms with Crippen molar-refractivity contribution in [3.05, 3.63) is 36.2 Å². The first-order valence-electron chi connectivity index (χ1n) is 6.32. The standard InChI is InChI=1S/C14H17N3O3/c1-3-6-17-9-11(8-16-17)20-10-4-5-13(15)12(7-10)14(18)19-2/h4-5,7-9H,3,6,15H2,1-2H3. The predicted octanol–water partition coefficient (Wildman–Crippen LogP) is 2.45. The van der Waals surface area contributed by atoms with Crippen molar-refractivity contribution in [2.45, 2.75) is 19.9 Å². The fraction of sp³-hybridized carbons (Fsp3) is 0.286. The molecule has 106 valence electrons. The number of hydrogen-bond donors (Lipinski definition) is 1. The number of rotatable bonds is 5. The number of nitrogen functional groups attached to an aromatic ring is 1. The number of aryl methyl sites for hydroxylation is 1. The van der Waals surface area contributed by atoms with Crippen molar-refractivity contribution in [1.29, 1.82) is 0 Å². The second-order valence-electron chi connectivity index (χ2n) is 4.28. The molecule has 2 aromatic rings. The summed E-state index contributed by atoms with van der Waals surface area (Å²) in [6.07, 6.45) is 4.43. The summed E-state index contributed by atoms with van der Waals surface area (Å²) in [5.74, 6) is 0.629. The van der Waals surface area contributed by atoms with Crippen LogP contribution in [-0.2, 0) is 11.3 Å². The van der Waals surface area contributed by atoms with Gasteiger partial charge in [-0.05, 0) is 24.6 Å². The van der Waals surface area contributed by atoms with Crippen LogP contribution in [0.3, 0.4) is 0 Å². The average Bonchev–Trinajstić information content (AvgIpc) is 2.88. The smallest absolute Gasteiger partial charge is 0.340 e. The van der Waals surface area contributed by atoms with E-state index >= 15 is 0 Å². The number of carbonyl (C=O) groups is 1. The molecule has 0 fully saturated rings. The van der Waals surface area contributed by atoms with E-state index in [1.807, 2.05) is 0 Å². The highest BCUT2D eigenvalue weighted by molar-refractivity contribution is 5.95. The van der Waals surface area contributed by atoms with Crippen LogP contribution in [0.25, 0.3) is 0 Å². The first kappa shape index (κ1) is 13.9. The van der Waals surface area contributed by atoms with Gasteiger partial charge in [-0.15, -0.1) is 0 Å². The molecule has 1 heterocycles. The lowest BCUT2D eigenvalue weighted by Crippen LogP contribution is -2.05. The summed E-state index contributed by atoms with van der Waals surface area (Å²) in [7, 11) is 1.31. The molecule has 2 N–H and O–H groups in total. The summed E-state index contributed by atoms with van der Waals surface area (Å²) in [4.78, 5) is 11.6. The van der Waals surface area contributed by atoms with Gasteiger partial charge in [-0.25, -0.2) is 4.79 Å². The molecule has 0 aliphatic rings. The van der Waals surface area contributed by atoms with Crippen LogP contribution in [0.15, 0.2) is 30.6 Å². The molecule has 0 saturated heterocycles. The minimum atomic E-state index is -0.491. The Labute approximate surface area is 117 Å². The number of aromatic nitrogens is 2. The third-order valence-corrected chi connectivity index (χ3v) is 2.73. The summed E-state index contributed by atoms with van der Waals surface area (Å²) >= 11 is 0. The SMILES string of the molecule is CCCn1cc(Oc2ccc(N)c(C(=O)OC)c2)cn1. The van der Waals surface area contributed by atoms with E-state index < -0.39 is 5.97 Å². The summed E-state index contributed by atoms with van der Waals surface area (Å²) in [6, 6.07) is 4.86. The first-order valence-corrected chi connectivity index (χ1v) is 6.32. The van der Waals surface area contributed by atoms with Crippen molar-refractivity contribution in [1.82, 2.24) is 9.78 Å². The topological polar surface area (TPSA) is 79.4 Å². The Morgan fingerprint density at radius 3 is 2.90 bits per heavy atom. The van der Waals surface area contributed by atoms with Gasteiger partial charge in [0.1, 0.15) is 5.75 Å². The maximum Gasteiger partial charge on any atom is 0.340 e. The minimum Gasteiger partial charge on any atom is -0.465 e. The van der Waals surface area contributed by atoms with Gasteiger partial charge in [0, 0.05) is 12.2 Å². The summed E-state index contributed by atoms with van der Waals surface area (Å²) in [5, 5.41) is 4.17.